The number of amides is 2. The predicted octanol–water partition coefficient (Wildman–Crippen LogP) is 2.96. The first kappa shape index (κ1) is 18.9. The molecule has 140 valence electrons. The Morgan fingerprint density at radius 1 is 1.19 bits per heavy atom. The van der Waals surface area contributed by atoms with Gasteiger partial charge in [-0.1, -0.05) is 24.3 Å². The van der Waals surface area contributed by atoms with Crippen molar-refractivity contribution in [3.63, 3.8) is 0 Å². The van der Waals surface area contributed by atoms with Gasteiger partial charge in [-0.2, -0.15) is 0 Å². The van der Waals surface area contributed by atoms with Crippen LogP contribution in [0.3, 0.4) is 0 Å². The van der Waals surface area contributed by atoms with Gasteiger partial charge >= 0.3 is 5.97 Å². The molecule has 2 aromatic carbocycles. The summed E-state index contributed by atoms with van der Waals surface area (Å²) < 4.78 is 13.1. The van der Waals surface area contributed by atoms with E-state index in [1.54, 1.807) is 6.07 Å². The zero-order valence-electron chi connectivity index (χ0n) is 14.1. The number of para-hydroxylation sites is 1. The summed E-state index contributed by atoms with van der Waals surface area (Å²) >= 11 is 1.29. The van der Waals surface area contributed by atoms with Crippen molar-refractivity contribution in [3.8, 4) is 0 Å². The molecule has 8 heteroatoms. The van der Waals surface area contributed by atoms with Crippen LogP contribution in [-0.4, -0.2) is 28.1 Å². The fraction of sp³-hybridized carbons (Fsp3) is 0.211. The second-order valence-corrected chi connectivity index (χ2v) is 7.31. The van der Waals surface area contributed by atoms with E-state index < -0.39 is 29.0 Å². The Hall–Kier alpha value is -2.87. The van der Waals surface area contributed by atoms with Gasteiger partial charge in [-0.15, -0.1) is 11.8 Å². The summed E-state index contributed by atoms with van der Waals surface area (Å²) in [5.41, 5.74) is 1.19. The number of carbonyl (C=O) groups excluding carboxylic acids is 2. The molecule has 0 aromatic heterocycles. The number of nitrogens with one attached hydrogen (secondary N) is 2. The Morgan fingerprint density at radius 2 is 1.89 bits per heavy atom. The molecule has 3 N–H and O–H groups in total. The molecule has 2 atom stereocenters. The molecule has 2 amide bonds. The Labute approximate surface area is 159 Å². The summed E-state index contributed by atoms with van der Waals surface area (Å²) in [6, 6.07) is 11.8. The predicted molar refractivity (Wildman–Crippen MR) is 98.9 cm³/mol. The van der Waals surface area contributed by atoms with E-state index in [4.69, 9.17) is 5.11 Å². The standard InChI is InChI=1S/C19H17FN2O4S/c20-12-7-5-11(6-8-12)14(9-18(24)25)21-17(23)10-16-19(26)22-13-3-1-2-4-15(13)27-16/h1-8,14,16H,9-10H2,(H,21,23)(H,22,26)(H,24,25)/t14-,16-/m1/s1. The molecule has 0 radical (unpaired) electrons. The van der Waals surface area contributed by atoms with Gasteiger partial charge in [0.05, 0.1) is 23.4 Å². The van der Waals surface area contributed by atoms with E-state index in [9.17, 15) is 18.8 Å². The SMILES string of the molecule is O=C(O)C[C@@H](NC(=O)C[C@H]1Sc2ccccc2NC1=O)c1ccc(F)cc1. The summed E-state index contributed by atoms with van der Waals surface area (Å²) in [5, 5.41) is 13.9. The number of fused-ring (bicyclic) bond motifs is 1. The van der Waals surface area contributed by atoms with E-state index in [1.165, 1.54) is 36.0 Å². The summed E-state index contributed by atoms with van der Waals surface area (Å²) in [7, 11) is 0. The van der Waals surface area contributed by atoms with Crippen LogP contribution < -0.4 is 10.6 Å². The minimum Gasteiger partial charge on any atom is -0.481 e. The number of hydrogen-bond donors (Lipinski definition) is 3. The number of anilines is 1. The molecule has 1 aliphatic heterocycles. The first-order valence-corrected chi connectivity index (χ1v) is 9.13. The van der Waals surface area contributed by atoms with Crippen molar-refractivity contribution in [3.05, 3.63) is 59.9 Å². The van der Waals surface area contributed by atoms with Crippen LogP contribution >= 0.6 is 11.8 Å². The fourth-order valence-electron chi connectivity index (χ4n) is 2.77. The van der Waals surface area contributed by atoms with Gasteiger partial charge in [-0.25, -0.2) is 4.39 Å². The van der Waals surface area contributed by atoms with Crippen LogP contribution in [0, 0.1) is 5.82 Å². The van der Waals surface area contributed by atoms with Crippen molar-refractivity contribution in [2.75, 3.05) is 5.32 Å². The first-order chi connectivity index (χ1) is 12.9. The number of carbonyl (C=O) groups is 3. The fourth-order valence-corrected chi connectivity index (χ4v) is 3.88. The summed E-state index contributed by atoms with van der Waals surface area (Å²) in [6.07, 6.45) is -0.438. The van der Waals surface area contributed by atoms with E-state index >= 15 is 0 Å². The zero-order valence-corrected chi connectivity index (χ0v) is 15.0. The second kappa shape index (κ2) is 8.22. The van der Waals surface area contributed by atoms with Gasteiger partial charge in [0.2, 0.25) is 11.8 Å². The quantitative estimate of drug-likeness (QED) is 0.707. The summed E-state index contributed by atoms with van der Waals surface area (Å²) in [6.45, 7) is 0. The van der Waals surface area contributed by atoms with Crippen LogP contribution in [-0.2, 0) is 14.4 Å². The number of benzene rings is 2. The molecule has 1 heterocycles. The van der Waals surface area contributed by atoms with Crippen LogP contribution in [0.4, 0.5) is 10.1 Å². The number of aliphatic carboxylic acids is 1. The third-order valence-corrected chi connectivity index (χ3v) is 5.34. The third kappa shape index (κ3) is 4.85. The molecule has 3 rings (SSSR count). The number of rotatable bonds is 6. The van der Waals surface area contributed by atoms with Crippen molar-refractivity contribution in [1.82, 2.24) is 5.32 Å². The molecule has 0 saturated carbocycles. The number of hydrogen-bond acceptors (Lipinski definition) is 4. The minimum atomic E-state index is -1.09. The topological polar surface area (TPSA) is 95.5 Å². The maximum Gasteiger partial charge on any atom is 0.305 e. The number of halogens is 1. The molecular formula is C19H17FN2O4S. The van der Waals surface area contributed by atoms with Crippen molar-refractivity contribution in [2.45, 2.75) is 29.0 Å². The third-order valence-electron chi connectivity index (χ3n) is 4.06. The highest BCUT2D eigenvalue weighted by molar-refractivity contribution is 8.01. The molecule has 0 aliphatic carbocycles. The van der Waals surface area contributed by atoms with Gasteiger partial charge < -0.3 is 15.7 Å². The van der Waals surface area contributed by atoms with E-state index in [2.05, 4.69) is 10.6 Å². The number of carboxylic acids is 1. The molecular weight excluding hydrogens is 371 g/mol. The Kier molecular flexibility index (Phi) is 5.75. The van der Waals surface area contributed by atoms with E-state index in [0.717, 1.165) is 4.90 Å². The van der Waals surface area contributed by atoms with E-state index in [1.807, 2.05) is 18.2 Å². The average molecular weight is 388 g/mol. The lowest BCUT2D eigenvalue weighted by molar-refractivity contribution is -0.138. The van der Waals surface area contributed by atoms with Crippen LogP contribution in [0.15, 0.2) is 53.4 Å². The summed E-state index contributed by atoms with van der Waals surface area (Å²) in [5.74, 6) is -2.26. The number of thioether (sulfide) groups is 1. The zero-order chi connectivity index (χ0) is 19.4. The Balaban J connectivity index is 1.68. The van der Waals surface area contributed by atoms with Crippen molar-refractivity contribution in [1.29, 1.82) is 0 Å². The Bertz CT molecular complexity index is 872. The molecule has 0 spiro atoms. The largest absolute Gasteiger partial charge is 0.481 e. The molecule has 6 nitrogen and oxygen atoms in total. The highest BCUT2D eigenvalue weighted by Crippen LogP contribution is 2.36. The van der Waals surface area contributed by atoms with Crippen molar-refractivity contribution in [2.24, 2.45) is 0 Å². The molecule has 0 bridgehead atoms. The first-order valence-electron chi connectivity index (χ1n) is 8.25. The maximum atomic E-state index is 13.1. The lowest BCUT2D eigenvalue weighted by atomic mass is 10.0. The molecule has 27 heavy (non-hydrogen) atoms. The van der Waals surface area contributed by atoms with E-state index in [-0.39, 0.29) is 18.7 Å². The lowest BCUT2D eigenvalue weighted by Crippen LogP contribution is -2.36. The van der Waals surface area contributed by atoms with Crippen LogP contribution in [0.1, 0.15) is 24.4 Å². The normalized spacial score (nSPS) is 16.8. The Morgan fingerprint density at radius 3 is 2.59 bits per heavy atom. The molecule has 2 aromatic rings. The minimum absolute atomic E-state index is 0.0951. The maximum absolute atomic E-state index is 13.1. The smallest absolute Gasteiger partial charge is 0.305 e. The highest BCUT2D eigenvalue weighted by atomic mass is 32.2. The van der Waals surface area contributed by atoms with Crippen LogP contribution in [0.5, 0.6) is 0 Å². The lowest BCUT2D eigenvalue weighted by Gasteiger charge is -2.24. The van der Waals surface area contributed by atoms with Crippen LogP contribution in [0.2, 0.25) is 0 Å². The van der Waals surface area contributed by atoms with Gasteiger partial charge in [0.25, 0.3) is 0 Å². The van der Waals surface area contributed by atoms with Gasteiger partial charge in [0.15, 0.2) is 0 Å². The average Bonchev–Trinajstić information content (AvgIpc) is 2.62. The molecule has 0 unspecified atom stereocenters. The molecule has 1 aliphatic rings. The van der Waals surface area contributed by atoms with E-state index in [0.29, 0.717) is 11.3 Å². The monoisotopic (exact) mass is 388 g/mol. The second-order valence-electron chi connectivity index (χ2n) is 6.07. The highest BCUT2D eigenvalue weighted by Gasteiger charge is 2.29. The van der Waals surface area contributed by atoms with Gasteiger partial charge in [-0.05, 0) is 29.8 Å². The molecule has 0 fully saturated rings. The van der Waals surface area contributed by atoms with Crippen molar-refractivity contribution < 1.29 is 23.9 Å². The van der Waals surface area contributed by atoms with Crippen molar-refractivity contribution >= 4 is 35.2 Å². The van der Waals surface area contributed by atoms with Gasteiger partial charge in [-0.3, -0.25) is 14.4 Å². The number of carboxylic acid groups (broad SMARTS) is 1. The molecule has 0 saturated heterocycles. The van der Waals surface area contributed by atoms with Gasteiger partial charge in [0, 0.05) is 11.3 Å². The summed E-state index contributed by atoms with van der Waals surface area (Å²) in [4.78, 5) is 36.6. The van der Waals surface area contributed by atoms with Crippen LogP contribution in [0.25, 0.3) is 0 Å². The van der Waals surface area contributed by atoms with Gasteiger partial charge in [0.1, 0.15) is 5.82 Å².